The number of para-hydroxylation sites is 2. The maximum absolute atomic E-state index is 12.5. The van der Waals surface area contributed by atoms with Crippen molar-refractivity contribution >= 4 is 41.2 Å². The number of hydrogen-bond donors (Lipinski definition) is 1. The van der Waals surface area contributed by atoms with Gasteiger partial charge in [-0.25, -0.2) is 4.68 Å². The van der Waals surface area contributed by atoms with Crippen molar-refractivity contribution in [2.75, 3.05) is 5.75 Å². The Balaban J connectivity index is 1.56. The number of ether oxygens (including phenoxy) is 1. The fraction of sp³-hybridized carbons (Fsp3) is 0.167. The number of benzene rings is 2. The van der Waals surface area contributed by atoms with E-state index in [4.69, 9.17) is 12.2 Å². The highest BCUT2D eigenvalue weighted by molar-refractivity contribution is 8.01. The van der Waals surface area contributed by atoms with Crippen LogP contribution in [0.15, 0.2) is 58.9 Å². The molecule has 11 heteroatoms. The Morgan fingerprint density at radius 3 is 2.59 bits per heavy atom. The molecule has 0 saturated carbocycles. The van der Waals surface area contributed by atoms with E-state index in [0.717, 1.165) is 5.69 Å². The van der Waals surface area contributed by atoms with Gasteiger partial charge in [0.1, 0.15) is 5.75 Å². The zero-order chi connectivity index (χ0) is 20.9. The summed E-state index contributed by atoms with van der Waals surface area (Å²) >= 11 is 7.79. The van der Waals surface area contributed by atoms with Crippen LogP contribution in [-0.4, -0.2) is 27.8 Å². The fourth-order valence-corrected chi connectivity index (χ4v) is 4.49. The van der Waals surface area contributed by atoms with Gasteiger partial charge in [0.25, 0.3) is 0 Å². The largest absolute Gasteiger partial charge is 0.573 e. The minimum absolute atomic E-state index is 0.0549. The third-order valence-electron chi connectivity index (χ3n) is 3.53. The highest BCUT2D eigenvalue weighted by atomic mass is 32.2. The van der Waals surface area contributed by atoms with Crippen LogP contribution >= 0.6 is 35.3 Å². The number of aromatic nitrogens is 2. The quantitative estimate of drug-likeness (QED) is 0.401. The van der Waals surface area contributed by atoms with Gasteiger partial charge in [0.2, 0.25) is 5.91 Å². The Labute approximate surface area is 177 Å². The fourth-order valence-electron chi connectivity index (χ4n) is 2.30. The SMILES string of the molecule is O=C(CSc1nn(-c2ccccc2)c(=S)s1)NCc1ccccc1OC(F)(F)F. The molecule has 1 N–H and O–H groups in total. The predicted octanol–water partition coefficient (Wildman–Crippen LogP) is 4.97. The maximum Gasteiger partial charge on any atom is 0.573 e. The van der Waals surface area contributed by atoms with Crippen molar-refractivity contribution in [3.8, 4) is 11.4 Å². The van der Waals surface area contributed by atoms with Crippen LogP contribution in [0.25, 0.3) is 5.69 Å². The summed E-state index contributed by atoms with van der Waals surface area (Å²) in [4.78, 5) is 12.1. The first kappa shape index (κ1) is 21.3. The first-order valence-electron chi connectivity index (χ1n) is 8.20. The number of alkyl halides is 3. The summed E-state index contributed by atoms with van der Waals surface area (Å²) in [6, 6.07) is 15.0. The summed E-state index contributed by atoms with van der Waals surface area (Å²) < 4.78 is 44.1. The molecule has 0 aliphatic rings. The van der Waals surface area contributed by atoms with E-state index in [-0.39, 0.29) is 29.5 Å². The Hall–Kier alpha value is -2.37. The smallest absolute Gasteiger partial charge is 0.405 e. The Bertz CT molecular complexity index is 1040. The molecule has 3 rings (SSSR count). The predicted molar refractivity (Wildman–Crippen MR) is 108 cm³/mol. The number of carbonyl (C=O) groups is 1. The molecule has 29 heavy (non-hydrogen) atoms. The number of amides is 1. The molecule has 0 aliphatic heterocycles. The van der Waals surface area contributed by atoms with Crippen LogP contribution in [0.1, 0.15) is 5.56 Å². The van der Waals surface area contributed by atoms with E-state index in [2.05, 4.69) is 15.2 Å². The number of nitrogens with zero attached hydrogens (tertiary/aromatic N) is 2. The second kappa shape index (κ2) is 9.42. The van der Waals surface area contributed by atoms with Crippen molar-refractivity contribution in [3.63, 3.8) is 0 Å². The standard InChI is InChI=1S/C18H14F3N3O2S3/c19-18(20,21)26-14-9-5-4-6-12(14)10-22-15(25)11-28-16-23-24(17(27)29-16)13-7-2-1-3-8-13/h1-9H,10-11H2,(H,22,25). The molecule has 0 bridgehead atoms. The van der Waals surface area contributed by atoms with Crippen LogP contribution < -0.4 is 10.1 Å². The summed E-state index contributed by atoms with van der Waals surface area (Å²) in [5.74, 6) is -0.629. The van der Waals surface area contributed by atoms with Gasteiger partial charge in [0.05, 0.1) is 11.4 Å². The molecular formula is C18H14F3N3O2S3. The third-order valence-corrected chi connectivity index (χ3v) is 5.90. The average molecular weight is 458 g/mol. The molecule has 0 saturated heterocycles. The summed E-state index contributed by atoms with van der Waals surface area (Å²) in [5.41, 5.74) is 1.05. The summed E-state index contributed by atoms with van der Waals surface area (Å²) in [6.07, 6.45) is -4.79. The molecule has 1 amide bonds. The number of carbonyl (C=O) groups excluding carboxylic acids is 1. The van der Waals surface area contributed by atoms with E-state index in [1.54, 1.807) is 10.7 Å². The number of thioether (sulfide) groups is 1. The summed E-state index contributed by atoms with van der Waals surface area (Å²) in [5, 5.41) is 6.98. The van der Waals surface area contributed by atoms with Gasteiger partial charge in [0.15, 0.2) is 8.29 Å². The number of halogens is 3. The Morgan fingerprint density at radius 2 is 1.86 bits per heavy atom. The van der Waals surface area contributed by atoms with E-state index >= 15 is 0 Å². The van der Waals surface area contributed by atoms with Crippen LogP contribution in [0.5, 0.6) is 5.75 Å². The minimum atomic E-state index is -4.79. The van der Waals surface area contributed by atoms with Gasteiger partial charge in [-0.15, -0.1) is 18.3 Å². The Kier molecular flexibility index (Phi) is 6.93. The molecule has 1 aromatic heterocycles. The number of hydrogen-bond acceptors (Lipinski definition) is 6. The molecule has 0 unspecified atom stereocenters. The van der Waals surface area contributed by atoms with Crippen molar-refractivity contribution in [1.29, 1.82) is 0 Å². The van der Waals surface area contributed by atoms with E-state index in [9.17, 15) is 18.0 Å². The van der Waals surface area contributed by atoms with Gasteiger partial charge < -0.3 is 10.1 Å². The molecule has 0 fully saturated rings. The van der Waals surface area contributed by atoms with Gasteiger partial charge in [-0.1, -0.05) is 59.5 Å². The summed E-state index contributed by atoms with van der Waals surface area (Å²) in [7, 11) is 0. The first-order chi connectivity index (χ1) is 13.8. The number of rotatable bonds is 7. The van der Waals surface area contributed by atoms with Gasteiger partial charge in [-0.05, 0) is 30.4 Å². The zero-order valence-corrected chi connectivity index (χ0v) is 17.1. The van der Waals surface area contributed by atoms with Gasteiger partial charge >= 0.3 is 6.36 Å². The molecule has 2 aromatic carbocycles. The summed E-state index contributed by atoms with van der Waals surface area (Å²) in [6.45, 7) is -0.0835. The molecule has 5 nitrogen and oxygen atoms in total. The van der Waals surface area contributed by atoms with Gasteiger partial charge in [0, 0.05) is 12.1 Å². The molecular weight excluding hydrogens is 443 g/mol. The van der Waals surface area contributed by atoms with Crippen molar-refractivity contribution in [2.45, 2.75) is 17.2 Å². The molecule has 0 spiro atoms. The number of nitrogens with one attached hydrogen (secondary N) is 1. The lowest BCUT2D eigenvalue weighted by Crippen LogP contribution is -2.25. The lowest BCUT2D eigenvalue weighted by atomic mass is 10.2. The van der Waals surface area contributed by atoms with E-state index in [1.165, 1.54) is 41.3 Å². The average Bonchev–Trinajstić information content (AvgIpc) is 3.06. The highest BCUT2D eigenvalue weighted by Gasteiger charge is 2.31. The van der Waals surface area contributed by atoms with Gasteiger partial charge in [-0.2, -0.15) is 0 Å². The second-order valence-corrected chi connectivity index (χ2v) is 8.45. The molecule has 0 atom stereocenters. The van der Waals surface area contributed by atoms with Crippen LogP contribution in [-0.2, 0) is 11.3 Å². The van der Waals surface area contributed by atoms with E-state index in [0.29, 0.717) is 8.29 Å². The lowest BCUT2D eigenvalue weighted by molar-refractivity contribution is -0.274. The lowest BCUT2D eigenvalue weighted by Gasteiger charge is -2.13. The van der Waals surface area contributed by atoms with Crippen LogP contribution in [0, 0.1) is 3.95 Å². The maximum atomic E-state index is 12.5. The molecule has 3 aromatic rings. The molecule has 1 heterocycles. The van der Waals surface area contributed by atoms with E-state index in [1.807, 2.05) is 30.3 Å². The van der Waals surface area contributed by atoms with E-state index < -0.39 is 6.36 Å². The molecule has 0 radical (unpaired) electrons. The first-order valence-corrected chi connectivity index (χ1v) is 10.4. The topological polar surface area (TPSA) is 56.2 Å². The second-order valence-electron chi connectivity index (χ2n) is 5.60. The van der Waals surface area contributed by atoms with Crippen molar-refractivity contribution in [3.05, 3.63) is 64.1 Å². The van der Waals surface area contributed by atoms with Crippen molar-refractivity contribution in [1.82, 2.24) is 15.1 Å². The van der Waals surface area contributed by atoms with Gasteiger partial charge in [-0.3, -0.25) is 4.79 Å². The van der Waals surface area contributed by atoms with Crippen LogP contribution in [0.2, 0.25) is 0 Å². The minimum Gasteiger partial charge on any atom is -0.405 e. The Morgan fingerprint density at radius 1 is 1.17 bits per heavy atom. The zero-order valence-electron chi connectivity index (χ0n) is 14.7. The van der Waals surface area contributed by atoms with Crippen molar-refractivity contribution in [2.24, 2.45) is 0 Å². The highest BCUT2D eigenvalue weighted by Crippen LogP contribution is 2.26. The van der Waals surface area contributed by atoms with Crippen LogP contribution in [0.3, 0.4) is 0 Å². The third kappa shape index (κ3) is 6.31. The molecule has 152 valence electrons. The monoisotopic (exact) mass is 457 g/mol. The molecule has 0 aliphatic carbocycles. The van der Waals surface area contributed by atoms with Crippen LogP contribution in [0.4, 0.5) is 13.2 Å². The van der Waals surface area contributed by atoms with Crippen molar-refractivity contribution < 1.29 is 22.7 Å². The normalized spacial score (nSPS) is 11.3.